The van der Waals surface area contributed by atoms with Gasteiger partial charge in [-0.15, -0.1) is 0 Å². The second kappa shape index (κ2) is 7.67. The lowest BCUT2D eigenvalue weighted by Gasteiger charge is -2.53. The van der Waals surface area contributed by atoms with E-state index in [1.165, 1.54) is 18.4 Å². The molecule has 0 amide bonds. The summed E-state index contributed by atoms with van der Waals surface area (Å²) < 4.78 is 6.56. The van der Waals surface area contributed by atoms with Crippen LogP contribution in [0.15, 0.2) is 24.3 Å². The number of nitrogens with zero attached hydrogens (tertiary/aromatic N) is 1. The van der Waals surface area contributed by atoms with Gasteiger partial charge in [0, 0.05) is 5.92 Å². The Hall–Kier alpha value is -1.06. The molecule has 140 valence electrons. The van der Waals surface area contributed by atoms with Crippen molar-refractivity contribution in [3.8, 4) is 5.75 Å². The Bertz CT molecular complexity index is 573. The summed E-state index contributed by atoms with van der Waals surface area (Å²) in [6, 6.07) is 8.63. The van der Waals surface area contributed by atoms with Gasteiger partial charge < -0.3 is 15.0 Å². The normalized spacial score (nSPS) is 34.3. The molecule has 0 bridgehead atoms. The average Bonchev–Trinajstić information content (AvgIpc) is 2.55. The van der Waals surface area contributed by atoms with Gasteiger partial charge in [0.15, 0.2) is 0 Å². The second-order valence-electron chi connectivity index (χ2n) is 8.90. The van der Waals surface area contributed by atoms with Crippen LogP contribution in [0.5, 0.6) is 5.75 Å². The fourth-order valence-corrected chi connectivity index (χ4v) is 5.27. The van der Waals surface area contributed by atoms with E-state index in [1.54, 1.807) is 0 Å². The topological polar surface area (TPSA) is 24.5 Å². The summed E-state index contributed by atoms with van der Waals surface area (Å²) in [5, 5.41) is 3.73. The minimum Gasteiger partial charge on any atom is -0.487 e. The van der Waals surface area contributed by atoms with Crippen LogP contribution in [0.1, 0.15) is 39.2 Å². The molecule has 1 aromatic carbocycles. The molecule has 1 heterocycles. The van der Waals surface area contributed by atoms with Crippen molar-refractivity contribution in [1.29, 1.82) is 0 Å². The van der Waals surface area contributed by atoms with Crippen molar-refractivity contribution in [2.45, 2.75) is 45.6 Å². The van der Waals surface area contributed by atoms with E-state index in [2.05, 4.69) is 69.3 Å². The van der Waals surface area contributed by atoms with Gasteiger partial charge in [-0.2, -0.15) is 0 Å². The van der Waals surface area contributed by atoms with E-state index in [9.17, 15) is 0 Å². The van der Waals surface area contributed by atoms with E-state index in [0.717, 1.165) is 37.7 Å². The summed E-state index contributed by atoms with van der Waals surface area (Å²) in [5.41, 5.74) is 1.39. The Kier molecular flexibility index (Phi) is 5.75. The predicted molar refractivity (Wildman–Crippen MR) is 105 cm³/mol. The summed E-state index contributed by atoms with van der Waals surface area (Å²) in [5.74, 6) is 3.85. The molecule has 25 heavy (non-hydrogen) atoms. The molecule has 1 saturated carbocycles. The first kappa shape index (κ1) is 18.7. The predicted octanol–water partition coefficient (Wildman–Crippen LogP) is 3.83. The van der Waals surface area contributed by atoms with Gasteiger partial charge in [0.2, 0.25) is 0 Å². The maximum atomic E-state index is 6.56. The number of nitrogens with one attached hydrogen (secondary N) is 1. The average molecular weight is 345 g/mol. The molecular weight excluding hydrogens is 308 g/mol. The molecule has 3 rings (SSSR count). The Morgan fingerprint density at radius 1 is 1.24 bits per heavy atom. The first-order chi connectivity index (χ1) is 11.9. The Morgan fingerprint density at radius 2 is 2.00 bits per heavy atom. The SMILES string of the molecule is C[C@H]1[C@H](CNCCCN(C)C)[C@@H](C)C[C@@]2(C)Oc3ccccc3C[C@H]12. The third kappa shape index (κ3) is 4.03. The van der Waals surface area contributed by atoms with Gasteiger partial charge in [-0.05, 0) is 89.3 Å². The number of hydrogen-bond acceptors (Lipinski definition) is 3. The second-order valence-corrected chi connectivity index (χ2v) is 8.90. The van der Waals surface area contributed by atoms with E-state index >= 15 is 0 Å². The summed E-state index contributed by atoms with van der Waals surface area (Å²) in [7, 11) is 4.29. The van der Waals surface area contributed by atoms with Crippen molar-refractivity contribution in [1.82, 2.24) is 10.2 Å². The minimum atomic E-state index is -0.00535. The number of ether oxygens (including phenoxy) is 1. The molecule has 1 aromatic rings. The molecule has 0 spiro atoms. The molecule has 3 heteroatoms. The van der Waals surface area contributed by atoms with Crippen molar-refractivity contribution in [2.24, 2.45) is 23.7 Å². The number of fused-ring (bicyclic) bond motifs is 2. The maximum absolute atomic E-state index is 6.56. The summed E-state index contributed by atoms with van der Waals surface area (Å²) in [6.07, 6.45) is 3.55. The van der Waals surface area contributed by atoms with E-state index < -0.39 is 0 Å². The zero-order chi connectivity index (χ0) is 18.0. The van der Waals surface area contributed by atoms with Gasteiger partial charge in [-0.1, -0.05) is 32.0 Å². The Balaban J connectivity index is 1.64. The highest BCUT2D eigenvalue weighted by Gasteiger charge is 2.51. The monoisotopic (exact) mass is 344 g/mol. The van der Waals surface area contributed by atoms with Crippen LogP contribution in [0.25, 0.3) is 0 Å². The Labute approximate surface area is 154 Å². The minimum absolute atomic E-state index is 0.00535. The largest absolute Gasteiger partial charge is 0.487 e. The molecule has 1 aliphatic carbocycles. The highest BCUT2D eigenvalue weighted by molar-refractivity contribution is 5.37. The number of rotatable bonds is 6. The molecule has 5 atom stereocenters. The molecule has 3 nitrogen and oxygen atoms in total. The summed E-state index contributed by atoms with van der Waals surface area (Å²) in [4.78, 5) is 2.26. The van der Waals surface area contributed by atoms with Gasteiger partial charge in [0.05, 0.1) is 0 Å². The van der Waals surface area contributed by atoms with E-state index in [0.29, 0.717) is 17.8 Å². The van der Waals surface area contributed by atoms with Crippen LogP contribution in [-0.2, 0) is 6.42 Å². The van der Waals surface area contributed by atoms with E-state index in [1.807, 2.05) is 0 Å². The Morgan fingerprint density at radius 3 is 2.76 bits per heavy atom. The molecule has 0 unspecified atom stereocenters. The molecular formula is C22H36N2O. The lowest BCUT2D eigenvalue weighted by Crippen LogP contribution is -2.56. The number of benzene rings is 1. The van der Waals surface area contributed by atoms with E-state index in [-0.39, 0.29) is 5.60 Å². The van der Waals surface area contributed by atoms with Crippen molar-refractivity contribution in [2.75, 3.05) is 33.7 Å². The maximum Gasteiger partial charge on any atom is 0.123 e. The van der Waals surface area contributed by atoms with Crippen molar-refractivity contribution >= 4 is 0 Å². The lowest BCUT2D eigenvalue weighted by atomic mass is 9.59. The van der Waals surface area contributed by atoms with Gasteiger partial charge >= 0.3 is 0 Å². The zero-order valence-corrected chi connectivity index (χ0v) is 16.7. The van der Waals surface area contributed by atoms with Crippen LogP contribution in [0, 0.1) is 23.7 Å². The molecule has 1 aliphatic heterocycles. The fourth-order valence-electron chi connectivity index (χ4n) is 5.27. The van der Waals surface area contributed by atoms with E-state index in [4.69, 9.17) is 4.74 Å². The van der Waals surface area contributed by atoms with Crippen molar-refractivity contribution < 1.29 is 4.74 Å². The first-order valence-electron chi connectivity index (χ1n) is 10.0. The highest BCUT2D eigenvalue weighted by Crippen LogP contribution is 2.51. The van der Waals surface area contributed by atoms with Gasteiger partial charge in [-0.25, -0.2) is 0 Å². The van der Waals surface area contributed by atoms with Gasteiger partial charge in [-0.3, -0.25) is 0 Å². The summed E-state index contributed by atoms with van der Waals surface area (Å²) >= 11 is 0. The summed E-state index contributed by atoms with van der Waals surface area (Å²) in [6.45, 7) is 10.7. The molecule has 1 N–H and O–H groups in total. The van der Waals surface area contributed by atoms with Crippen LogP contribution in [0.3, 0.4) is 0 Å². The van der Waals surface area contributed by atoms with Crippen LogP contribution in [-0.4, -0.2) is 44.2 Å². The third-order valence-electron chi connectivity index (χ3n) is 6.65. The van der Waals surface area contributed by atoms with Crippen LogP contribution < -0.4 is 10.1 Å². The van der Waals surface area contributed by atoms with Gasteiger partial charge in [0.1, 0.15) is 11.4 Å². The third-order valence-corrected chi connectivity index (χ3v) is 6.65. The first-order valence-corrected chi connectivity index (χ1v) is 10.0. The highest BCUT2D eigenvalue weighted by atomic mass is 16.5. The molecule has 0 radical (unpaired) electrons. The van der Waals surface area contributed by atoms with Crippen molar-refractivity contribution in [3.63, 3.8) is 0 Å². The number of para-hydroxylation sites is 1. The van der Waals surface area contributed by atoms with Gasteiger partial charge in [0.25, 0.3) is 0 Å². The molecule has 0 saturated heterocycles. The fraction of sp³-hybridized carbons (Fsp3) is 0.727. The quantitative estimate of drug-likeness (QED) is 0.794. The van der Waals surface area contributed by atoms with Crippen LogP contribution in [0.4, 0.5) is 0 Å². The standard InChI is InChI=1S/C22H36N2O/c1-16-14-22(3)20(13-18-9-6-7-10-21(18)25-22)17(2)19(16)15-23-11-8-12-24(4)5/h6-7,9-10,16-17,19-20,23H,8,11-15H2,1-5H3/t16-,17-,19+,20+,22+/m0/s1. The van der Waals surface area contributed by atoms with Crippen LogP contribution in [0.2, 0.25) is 0 Å². The zero-order valence-electron chi connectivity index (χ0n) is 16.7. The smallest absolute Gasteiger partial charge is 0.123 e. The molecule has 1 fully saturated rings. The lowest BCUT2D eigenvalue weighted by molar-refractivity contribution is -0.0887. The molecule has 2 aliphatic rings. The molecule has 0 aromatic heterocycles. The number of hydrogen-bond donors (Lipinski definition) is 1. The van der Waals surface area contributed by atoms with Crippen molar-refractivity contribution in [3.05, 3.63) is 29.8 Å². The van der Waals surface area contributed by atoms with Crippen LogP contribution >= 0.6 is 0 Å².